The molecule has 1 aromatic rings. The number of guanidine groups is 1. The molecule has 0 aliphatic carbocycles. The van der Waals surface area contributed by atoms with Crippen molar-refractivity contribution < 1.29 is 4.79 Å². The summed E-state index contributed by atoms with van der Waals surface area (Å²) in [5, 5.41) is 9.74. The van der Waals surface area contributed by atoms with Gasteiger partial charge in [0.2, 0.25) is 5.96 Å². The minimum Gasteiger partial charge on any atom is -0.368 e. The third-order valence-corrected chi connectivity index (χ3v) is 4.53. The number of nitrogens with two attached hydrogens (primary N) is 1. The fraction of sp³-hybridized carbons (Fsp3) is 0.529. The molecule has 1 fully saturated rings. The first-order valence-corrected chi connectivity index (χ1v) is 8.21. The first-order valence-electron chi connectivity index (χ1n) is 7.83. The molecule has 1 heterocycles. The topological polar surface area (TPSA) is 70.7 Å². The van der Waals surface area contributed by atoms with E-state index in [4.69, 9.17) is 17.3 Å². The van der Waals surface area contributed by atoms with Gasteiger partial charge in [-0.2, -0.15) is 0 Å². The molecule has 1 saturated heterocycles. The predicted octanol–water partition coefficient (Wildman–Crippen LogP) is 3.34. The summed E-state index contributed by atoms with van der Waals surface area (Å²) >= 11 is 5.83. The minimum atomic E-state index is -0.296. The average molecular weight is 337 g/mol. The fourth-order valence-electron chi connectivity index (χ4n) is 3.18. The number of carbonyl (C=O) groups is 1. The van der Waals surface area contributed by atoms with E-state index in [9.17, 15) is 4.79 Å². The number of hydrogen-bond acceptors (Lipinski definition) is 3. The molecular weight excluding hydrogens is 312 g/mol. The Kier molecular flexibility index (Phi) is 4.90. The molecule has 0 bridgehead atoms. The van der Waals surface area contributed by atoms with Crippen LogP contribution in [0.1, 0.15) is 57.3 Å². The van der Waals surface area contributed by atoms with E-state index in [-0.39, 0.29) is 22.9 Å². The van der Waals surface area contributed by atoms with Crippen molar-refractivity contribution in [2.24, 2.45) is 10.8 Å². The van der Waals surface area contributed by atoms with Crippen LogP contribution in [0.25, 0.3) is 0 Å². The van der Waals surface area contributed by atoms with Crippen LogP contribution in [0, 0.1) is 0 Å². The van der Waals surface area contributed by atoms with E-state index < -0.39 is 0 Å². The summed E-state index contributed by atoms with van der Waals surface area (Å²) in [5.74, 6) is -0.191. The number of piperidine rings is 1. The van der Waals surface area contributed by atoms with Crippen LogP contribution < -0.4 is 11.1 Å². The van der Waals surface area contributed by atoms with Crippen molar-refractivity contribution in [1.29, 1.82) is 0 Å². The highest BCUT2D eigenvalue weighted by atomic mass is 35.5. The predicted molar refractivity (Wildman–Crippen MR) is 94.4 cm³/mol. The Hall–Kier alpha value is -1.75. The normalized spacial score (nSPS) is 20.2. The standard InChI is InChI=1S/C17H25ClN4O/c1-16(2)10-5-11-17(3,4)22(16)21-15(19)20-14(23)12-6-8-13(18)9-7-12/h6-9H,5,10-11H2,1-4H3,(H3,19,20,21,23). The number of benzene rings is 1. The number of nitrogens with one attached hydrogen (secondary N) is 1. The molecule has 1 aliphatic rings. The summed E-state index contributed by atoms with van der Waals surface area (Å²) in [7, 11) is 0. The van der Waals surface area contributed by atoms with Crippen molar-refractivity contribution in [3.63, 3.8) is 0 Å². The Balaban J connectivity index is 2.15. The third-order valence-electron chi connectivity index (χ3n) is 4.28. The van der Waals surface area contributed by atoms with E-state index in [0.29, 0.717) is 10.6 Å². The zero-order valence-electron chi connectivity index (χ0n) is 14.2. The van der Waals surface area contributed by atoms with Crippen molar-refractivity contribution >= 4 is 23.5 Å². The first kappa shape index (κ1) is 17.6. The molecule has 0 atom stereocenters. The number of hydrazone groups is 1. The Labute approximate surface area is 142 Å². The van der Waals surface area contributed by atoms with Crippen LogP contribution in [0.15, 0.2) is 29.4 Å². The van der Waals surface area contributed by atoms with Crippen LogP contribution in [0.2, 0.25) is 5.02 Å². The quantitative estimate of drug-likeness (QED) is 0.642. The molecule has 1 amide bonds. The van der Waals surface area contributed by atoms with Gasteiger partial charge in [-0.15, -0.1) is 5.10 Å². The molecule has 0 aromatic heterocycles. The smallest absolute Gasteiger partial charge is 0.257 e. The van der Waals surface area contributed by atoms with Crippen LogP contribution in [0.5, 0.6) is 0 Å². The molecule has 3 N–H and O–H groups in total. The summed E-state index contributed by atoms with van der Waals surface area (Å²) in [6.45, 7) is 8.58. The average Bonchev–Trinajstić information content (AvgIpc) is 2.43. The maximum absolute atomic E-state index is 12.2. The molecule has 5 nitrogen and oxygen atoms in total. The highest BCUT2D eigenvalue weighted by Crippen LogP contribution is 2.38. The molecule has 0 saturated carbocycles. The summed E-state index contributed by atoms with van der Waals surface area (Å²) < 4.78 is 0. The van der Waals surface area contributed by atoms with Crippen LogP contribution in [-0.2, 0) is 0 Å². The van der Waals surface area contributed by atoms with Crippen LogP contribution >= 0.6 is 11.6 Å². The zero-order chi connectivity index (χ0) is 17.3. The number of hydrogen-bond donors (Lipinski definition) is 2. The monoisotopic (exact) mass is 336 g/mol. The van der Waals surface area contributed by atoms with Gasteiger partial charge in [0.05, 0.1) is 11.1 Å². The van der Waals surface area contributed by atoms with E-state index in [1.165, 1.54) is 0 Å². The summed E-state index contributed by atoms with van der Waals surface area (Å²) in [4.78, 5) is 12.2. The molecule has 1 aromatic carbocycles. The molecule has 126 valence electrons. The number of halogens is 1. The Morgan fingerprint density at radius 3 is 2.22 bits per heavy atom. The Bertz CT molecular complexity index is 592. The van der Waals surface area contributed by atoms with E-state index in [0.717, 1.165) is 19.3 Å². The summed E-state index contributed by atoms with van der Waals surface area (Å²) in [5.41, 5.74) is 6.26. The molecule has 1 aliphatic heterocycles. The Morgan fingerprint density at radius 1 is 1.17 bits per heavy atom. The maximum Gasteiger partial charge on any atom is 0.257 e. The second kappa shape index (κ2) is 6.40. The first-order chi connectivity index (χ1) is 10.6. The van der Waals surface area contributed by atoms with E-state index in [1.54, 1.807) is 24.3 Å². The number of rotatable bonds is 2. The molecule has 23 heavy (non-hydrogen) atoms. The van der Waals surface area contributed by atoms with Gasteiger partial charge >= 0.3 is 0 Å². The molecular formula is C17H25ClN4O. The van der Waals surface area contributed by atoms with Crippen molar-refractivity contribution in [2.75, 3.05) is 0 Å². The molecule has 6 heteroatoms. The Morgan fingerprint density at radius 2 is 1.70 bits per heavy atom. The lowest BCUT2D eigenvalue weighted by molar-refractivity contribution is -0.0251. The fourth-order valence-corrected chi connectivity index (χ4v) is 3.30. The van der Waals surface area contributed by atoms with Crippen LogP contribution in [-0.4, -0.2) is 28.0 Å². The third kappa shape index (κ3) is 4.16. The molecule has 0 spiro atoms. The van der Waals surface area contributed by atoms with Gasteiger partial charge in [-0.25, -0.2) is 0 Å². The number of amides is 1. The van der Waals surface area contributed by atoms with Crippen molar-refractivity contribution in [1.82, 2.24) is 10.3 Å². The van der Waals surface area contributed by atoms with Crippen LogP contribution in [0.4, 0.5) is 0 Å². The SMILES string of the molecule is CC1(C)CCCC(C)(C)N1N=C(N)NC(=O)c1ccc(Cl)cc1. The van der Waals surface area contributed by atoms with Crippen LogP contribution in [0.3, 0.4) is 0 Å². The van der Waals surface area contributed by atoms with Gasteiger partial charge in [0.1, 0.15) is 0 Å². The lowest BCUT2D eigenvalue weighted by Crippen LogP contribution is -2.57. The number of nitrogens with zero attached hydrogens (tertiary/aromatic N) is 2. The van der Waals surface area contributed by atoms with Gasteiger partial charge in [-0.05, 0) is 71.2 Å². The summed E-state index contributed by atoms with van der Waals surface area (Å²) in [6, 6.07) is 6.64. The largest absolute Gasteiger partial charge is 0.368 e. The van der Waals surface area contributed by atoms with E-state index in [1.807, 2.05) is 5.01 Å². The number of carbonyl (C=O) groups excluding carboxylic acids is 1. The second-order valence-corrected chi connectivity index (χ2v) is 7.67. The molecule has 0 radical (unpaired) electrons. The lowest BCUT2D eigenvalue weighted by atomic mass is 9.82. The lowest BCUT2D eigenvalue weighted by Gasteiger charge is -2.51. The van der Waals surface area contributed by atoms with Crippen molar-refractivity contribution in [2.45, 2.75) is 58.0 Å². The molecule has 0 unspecified atom stereocenters. The maximum atomic E-state index is 12.2. The minimum absolute atomic E-state index is 0.0998. The highest BCUT2D eigenvalue weighted by Gasteiger charge is 2.41. The van der Waals surface area contributed by atoms with Gasteiger partial charge in [0, 0.05) is 10.6 Å². The van der Waals surface area contributed by atoms with Crippen molar-refractivity contribution in [3.8, 4) is 0 Å². The van der Waals surface area contributed by atoms with Gasteiger partial charge in [-0.3, -0.25) is 15.1 Å². The van der Waals surface area contributed by atoms with Gasteiger partial charge < -0.3 is 5.73 Å². The zero-order valence-corrected chi connectivity index (χ0v) is 14.9. The van der Waals surface area contributed by atoms with Gasteiger partial charge in [-0.1, -0.05) is 11.6 Å². The van der Waals surface area contributed by atoms with E-state index in [2.05, 4.69) is 38.1 Å². The highest BCUT2D eigenvalue weighted by molar-refractivity contribution is 6.30. The van der Waals surface area contributed by atoms with Gasteiger partial charge in [0.25, 0.3) is 5.91 Å². The molecule has 2 rings (SSSR count). The van der Waals surface area contributed by atoms with Crippen molar-refractivity contribution in [3.05, 3.63) is 34.9 Å². The van der Waals surface area contributed by atoms with E-state index >= 15 is 0 Å². The summed E-state index contributed by atoms with van der Waals surface area (Å²) in [6.07, 6.45) is 3.24. The van der Waals surface area contributed by atoms with Gasteiger partial charge in [0.15, 0.2) is 0 Å². The second-order valence-electron chi connectivity index (χ2n) is 7.24.